The van der Waals surface area contributed by atoms with Crippen molar-refractivity contribution >= 4 is 33.2 Å². The lowest BCUT2D eigenvalue weighted by molar-refractivity contribution is 1.36. The zero-order chi connectivity index (χ0) is 6.27. The minimum Gasteiger partial charge on any atom is -0.296 e. The summed E-state index contributed by atoms with van der Waals surface area (Å²) in [7, 11) is 0. The monoisotopic (exact) mass is 158 g/mol. The van der Waals surface area contributed by atoms with Gasteiger partial charge in [-0.25, -0.2) is 0 Å². The average molecular weight is 158 g/mol. The lowest BCUT2D eigenvalue weighted by Crippen LogP contribution is -1.89. The Morgan fingerprint density at radius 1 is 1.67 bits per heavy atom. The summed E-state index contributed by atoms with van der Waals surface area (Å²) < 4.78 is 4.89. The zero-order valence-corrected chi connectivity index (χ0v) is 5.88. The number of rotatable bonds is 0. The summed E-state index contributed by atoms with van der Waals surface area (Å²) in [5.41, 5.74) is 0.718. The predicted octanol–water partition coefficient (Wildman–Crippen LogP) is 1.05. The molecule has 2 rings (SSSR count). The Hall–Kier alpha value is -0.680. The zero-order valence-electron chi connectivity index (χ0n) is 4.25. The smallest absolute Gasteiger partial charge is 0.296 e. The van der Waals surface area contributed by atoms with Crippen LogP contribution in [0.2, 0.25) is 0 Å². The minimum absolute atomic E-state index is 0.0275. The van der Waals surface area contributed by atoms with Crippen LogP contribution in [-0.4, -0.2) is 9.36 Å². The number of nitrogens with one attached hydrogen (secondary N) is 1. The van der Waals surface area contributed by atoms with E-state index in [0.29, 0.717) is 0 Å². The highest BCUT2D eigenvalue weighted by atomic mass is 32.1. The molecule has 0 atom stereocenters. The van der Waals surface area contributed by atoms with Gasteiger partial charge in [0.25, 0.3) is 0 Å². The summed E-state index contributed by atoms with van der Waals surface area (Å²) in [5, 5.41) is 1.86. The molecule has 0 bridgehead atoms. The first-order valence-corrected chi connectivity index (χ1v) is 3.95. The van der Waals surface area contributed by atoms with Crippen LogP contribution in [0, 0.1) is 0 Å². The SMILES string of the molecule is O=c1[nH]c2nscc2s1. The van der Waals surface area contributed by atoms with Gasteiger partial charge in [-0.3, -0.25) is 9.78 Å². The van der Waals surface area contributed by atoms with Crippen LogP contribution in [0.15, 0.2) is 10.2 Å². The number of fused-ring (bicyclic) bond motifs is 1. The van der Waals surface area contributed by atoms with Crippen molar-refractivity contribution in [2.45, 2.75) is 0 Å². The molecule has 0 aliphatic heterocycles. The van der Waals surface area contributed by atoms with Crippen LogP contribution < -0.4 is 4.87 Å². The molecule has 0 amide bonds. The highest BCUT2D eigenvalue weighted by Gasteiger charge is 1.98. The van der Waals surface area contributed by atoms with Crippen LogP contribution in [0.1, 0.15) is 0 Å². The second-order valence-electron chi connectivity index (χ2n) is 1.54. The molecule has 3 nitrogen and oxygen atoms in total. The van der Waals surface area contributed by atoms with E-state index < -0.39 is 0 Å². The van der Waals surface area contributed by atoms with Gasteiger partial charge in [0.2, 0.25) is 0 Å². The number of H-pyrrole nitrogens is 1. The fourth-order valence-electron chi connectivity index (χ4n) is 0.607. The fraction of sp³-hybridized carbons (Fsp3) is 0. The van der Waals surface area contributed by atoms with E-state index in [-0.39, 0.29) is 4.87 Å². The van der Waals surface area contributed by atoms with Crippen LogP contribution >= 0.6 is 22.9 Å². The molecule has 0 aliphatic rings. The Morgan fingerprint density at radius 2 is 2.56 bits per heavy atom. The number of aromatic amines is 1. The van der Waals surface area contributed by atoms with E-state index in [9.17, 15) is 4.79 Å². The molecule has 0 spiro atoms. The largest absolute Gasteiger partial charge is 0.306 e. The first-order valence-electron chi connectivity index (χ1n) is 2.29. The maximum atomic E-state index is 10.6. The van der Waals surface area contributed by atoms with Crippen molar-refractivity contribution in [1.82, 2.24) is 9.36 Å². The molecular weight excluding hydrogens is 156 g/mol. The Morgan fingerprint density at radius 3 is 3.33 bits per heavy atom. The molecule has 0 unspecified atom stereocenters. The van der Waals surface area contributed by atoms with Crippen molar-refractivity contribution in [2.75, 3.05) is 0 Å². The summed E-state index contributed by atoms with van der Waals surface area (Å²) in [6, 6.07) is 0. The van der Waals surface area contributed by atoms with E-state index in [1.807, 2.05) is 5.38 Å². The van der Waals surface area contributed by atoms with Gasteiger partial charge in [-0.1, -0.05) is 11.3 Å². The van der Waals surface area contributed by atoms with Crippen LogP contribution in [0.4, 0.5) is 0 Å². The van der Waals surface area contributed by atoms with E-state index in [1.54, 1.807) is 0 Å². The van der Waals surface area contributed by atoms with E-state index in [1.165, 1.54) is 22.9 Å². The number of hydrogen-bond donors (Lipinski definition) is 1. The summed E-state index contributed by atoms with van der Waals surface area (Å²) in [5.74, 6) is 0. The number of aromatic nitrogens is 2. The molecule has 2 aromatic rings. The molecule has 1 N–H and O–H groups in total. The first-order chi connectivity index (χ1) is 4.36. The van der Waals surface area contributed by atoms with Crippen molar-refractivity contribution in [3.8, 4) is 0 Å². The van der Waals surface area contributed by atoms with Gasteiger partial charge in [-0.15, -0.1) is 0 Å². The van der Waals surface area contributed by atoms with Crippen LogP contribution in [-0.2, 0) is 0 Å². The van der Waals surface area contributed by atoms with E-state index in [4.69, 9.17) is 0 Å². The third-order valence-corrected chi connectivity index (χ3v) is 2.56. The van der Waals surface area contributed by atoms with Crippen molar-refractivity contribution in [3.05, 3.63) is 15.0 Å². The normalized spacial score (nSPS) is 10.7. The molecule has 2 heterocycles. The van der Waals surface area contributed by atoms with Crippen molar-refractivity contribution in [2.24, 2.45) is 0 Å². The molecule has 2 aromatic heterocycles. The maximum Gasteiger partial charge on any atom is 0.306 e. The molecular formula is C4H2N2OS2. The molecule has 0 aromatic carbocycles. The summed E-state index contributed by atoms with van der Waals surface area (Å²) in [6.45, 7) is 0. The van der Waals surface area contributed by atoms with Gasteiger partial charge in [-0.2, -0.15) is 4.37 Å². The number of hydrogen-bond acceptors (Lipinski definition) is 4. The Bertz CT molecular complexity index is 339. The average Bonchev–Trinajstić information content (AvgIpc) is 2.22. The minimum atomic E-state index is -0.0275. The second kappa shape index (κ2) is 1.65. The number of nitrogens with zero attached hydrogens (tertiary/aromatic N) is 1. The molecule has 0 saturated heterocycles. The molecule has 46 valence electrons. The van der Waals surface area contributed by atoms with Crippen molar-refractivity contribution in [1.29, 1.82) is 0 Å². The Labute approximate surface area is 58.1 Å². The third kappa shape index (κ3) is 0.691. The molecule has 0 fully saturated rings. The van der Waals surface area contributed by atoms with Crippen molar-refractivity contribution in [3.63, 3.8) is 0 Å². The first kappa shape index (κ1) is 5.13. The third-order valence-electron chi connectivity index (χ3n) is 0.960. The quantitative estimate of drug-likeness (QED) is 0.622. The van der Waals surface area contributed by atoms with E-state index >= 15 is 0 Å². The van der Waals surface area contributed by atoms with Crippen molar-refractivity contribution < 1.29 is 0 Å². The second-order valence-corrected chi connectivity index (χ2v) is 3.19. The molecule has 0 aliphatic carbocycles. The fourth-order valence-corrected chi connectivity index (χ4v) is 2.04. The van der Waals surface area contributed by atoms with Crippen LogP contribution in [0.5, 0.6) is 0 Å². The van der Waals surface area contributed by atoms with Gasteiger partial charge >= 0.3 is 4.87 Å². The standard InChI is InChI=1S/C4H2N2OS2/c7-4-5-3-2(9-4)1-8-6-3/h1H,(H,5,6,7). The Kier molecular flexibility index (Phi) is 0.940. The van der Waals surface area contributed by atoms with E-state index in [2.05, 4.69) is 9.36 Å². The highest BCUT2D eigenvalue weighted by molar-refractivity contribution is 7.19. The Balaban J connectivity index is 3.08. The predicted molar refractivity (Wildman–Crippen MR) is 38.1 cm³/mol. The lowest BCUT2D eigenvalue weighted by Gasteiger charge is -1.62. The molecule has 0 saturated carbocycles. The maximum absolute atomic E-state index is 10.6. The van der Waals surface area contributed by atoms with Gasteiger partial charge in [0.15, 0.2) is 5.65 Å². The van der Waals surface area contributed by atoms with Crippen LogP contribution in [0.25, 0.3) is 10.3 Å². The number of thiazole rings is 1. The molecule has 9 heavy (non-hydrogen) atoms. The topological polar surface area (TPSA) is 45.8 Å². The summed E-state index contributed by atoms with van der Waals surface area (Å²) in [4.78, 5) is 13.2. The molecule has 5 heteroatoms. The van der Waals surface area contributed by atoms with Gasteiger partial charge in [0.1, 0.15) is 0 Å². The van der Waals surface area contributed by atoms with Gasteiger partial charge < -0.3 is 0 Å². The summed E-state index contributed by atoms with van der Waals surface area (Å²) >= 11 is 2.55. The van der Waals surface area contributed by atoms with Gasteiger partial charge in [0.05, 0.1) is 4.70 Å². The van der Waals surface area contributed by atoms with E-state index in [0.717, 1.165) is 10.3 Å². The summed E-state index contributed by atoms with van der Waals surface area (Å²) in [6.07, 6.45) is 0. The lowest BCUT2D eigenvalue weighted by atomic mass is 10.7. The van der Waals surface area contributed by atoms with Crippen LogP contribution in [0.3, 0.4) is 0 Å². The molecule has 0 radical (unpaired) electrons. The van der Waals surface area contributed by atoms with Gasteiger partial charge in [0, 0.05) is 5.38 Å². The van der Waals surface area contributed by atoms with Gasteiger partial charge in [-0.05, 0) is 11.5 Å². The highest BCUT2D eigenvalue weighted by Crippen LogP contribution is 2.13.